The van der Waals surface area contributed by atoms with Gasteiger partial charge in [0.2, 0.25) is 4.21 Å². The van der Waals surface area contributed by atoms with Crippen LogP contribution in [0.15, 0.2) is 31.2 Å². The van der Waals surface area contributed by atoms with Crippen LogP contribution in [0.4, 0.5) is 0 Å². The molecule has 2 aromatic rings. The topological polar surface area (TPSA) is 127 Å². The van der Waals surface area contributed by atoms with Crippen molar-refractivity contribution in [3.05, 3.63) is 29.1 Å². The van der Waals surface area contributed by atoms with E-state index < -0.39 is 40.1 Å². The zero-order chi connectivity index (χ0) is 23.2. The Hall–Kier alpha value is -1.67. The van der Waals surface area contributed by atoms with Crippen molar-refractivity contribution in [2.75, 3.05) is 18.1 Å². The quantitative estimate of drug-likeness (QED) is 0.336. The highest BCUT2D eigenvalue weighted by Gasteiger charge is 2.62. The van der Waals surface area contributed by atoms with Crippen molar-refractivity contribution in [1.29, 1.82) is 0 Å². The lowest BCUT2D eigenvalue weighted by atomic mass is 9.89. The number of thiophene rings is 1. The van der Waals surface area contributed by atoms with Crippen molar-refractivity contribution in [3.8, 4) is 0 Å². The molecule has 2 aliphatic rings. The van der Waals surface area contributed by atoms with Gasteiger partial charge in [0.1, 0.15) is 22.2 Å². The minimum Gasteiger partial charge on any atom is -0.587 e. The molecular formula is C19H21N3O6S4. The molecule has 3 unspecified atom stereocenters. The number of aryl methyl sites for hydroxylation is 2. The largest absolute Gasteiger partial charge is 0.587 e. The third kappa shape index (κ3) is 4.04. The fraction of sp³-hybridized carbons (Fsp3) is 0.474. The van der Waals surface area contributed by atoms with E-state index in [4.69, 9.17) is 4.42 Å². The summed E-state index contributed by atoms with van der Waals surface area (Å²) in [5, 5.41) is 11.9. The van der Waals surface area contributed by atoms with E-state index in [9.17, 15) is 24.0 Å². The van der Waals surface area contributed by atoms with Crippen LogP contribution in [0.1, 0.15) is 18.5 Å². The van der Waals surface area contributed by atoms with Gasteiger partial charge in [0, 0.05) is 38.0 Å². The molecule has 32 heavy (non-hydrogen) atoms. The van der Waals surface area contributed by atoms with E-state index in [1.54, 1.807) is 31.4 Å². The van der Waals surface area contributed by atoms with Crippen LogP contribution in [0, 0.1) is 19.3 Å². The Morgan fingerprint density at radius 3 is 2.81 bits per heavy atom. The van der Waals surface area contributed by atoms with Crippen LogP contribution in [-0.4, -0.2) is 71.1 Å². The number of amides is 2. The van der Waals surface area contributed by atoms with Crippen LogP contribution < -0.4 is 0 Å². The third-order valence-electron chi connectivity index (χ3n) is 5.32. The van der Waals surface area contributed by atoms with E-state index in [0.717, 1.165) is 4.31 Å². The van der Waals surface area contributed by atoms with Crippen LogP contribution in [0.5, 0.6) is 0 Å². The minimum atomic E-state index is -1.79. The average Bonchev–Trinajstić information content (AvgIpc) is 3.38. The summed E-state index contributed by atoms with van der Waals surface area (Å²) < 4.78 is 20.1. The molecule has 1 N–H and O–H groups in total. The van der Waals surface area contributed by atoms with E-state index in [0.29, 0.717) is 20.9 Å². The highest BCUT2D eigenvalue weighted by Crippen LogP contribution is 2.47. The van der Waals surface area contributed by atoms with Crippen LogP contribution >= 0.6 is 34.9 Å². The fourth-order valence-corrected chi connectivity index (χ4v) is 8.86. The van der Waals surface area contributed by atoms with Gasteiger partial charge in [-0.05, 0) is 18.4 Å². The summed E-state index contributed by atoms with van der Waals surface area (Å²) in [6.07, 6.45) is 0. The normalized spacial score (nSPS) is 25.8. The van der Waals surface area contributed by atoms with Gasteiger partial charge in [0.15, 0.2) is 17.0 Å². The molecule has 0 radical (unpaired) electrons. The summed E-state index contributed by atoms with van der Waals surface area (Å²) in [7, 11) is 0. The molecule has 4 rings (SSSR count). The van der Waals surface area contributed by atoms with Gasteiger partial charge in [0.05, 0.1) is 5.69 Å². The zero-order valence-corrected chi connectivity index (χ0v) is 20.7. The average molecular weight is 516 g/mol. The number of nitrogens with zero attached hydrogens (tertiary/aromatic N) is 3. The molecule has 0 aliphatic carbocycles. The van der Waals surface area contributed by atoms with Crippen molar-refractivity contribution in [1.82, 2.24) is 14.2 Å². The number of carboxylic acid groups (broad SMARTS) is 1. The van der Waals surface area contributed by atoms with Gasteiger partial charge in [-0.25, -0.2) is 4.98 Å². The second-order valence-corrected chi connectivity index (χ2v) is 12.2. The van der Waals surface area contributed by atoms with Crippen LogP contribution in [0.3, 0.4) is 0 Å². The summed E-state index contributed by atoms with van der Waals surface area (Å²) in [5.41, 5.74) is -0.476. The highest BCUT2D eigenvalue weighted by molar-refractivity contribution is 8.00. The number of rotatable bonds is 7. The molecule has 13 heteroatoms. The van der Waals surface area contributed by atoms with Gasteiger partial charge >= 0.3 is 5.97 Å². The number of carbonyl (C=O) groups excluding carboxylic acids is 2. The van der Waals surface area contributed by atoms with E-state index in [-0.39, 0.29) is 24.0 Å². The first-order chi connectivity index (χ1) is 15.1. The molecule has 2 saturated heterocycles. The van der Waals surface area contributed by atoms with E-state index in [2.05, 4.69) is 4.98 Å². The number of thioether (sulfide) groups is 2. The van der Waals surface area contributed by atoms with Gasteiger partial charge in [-0.2, -0.15) is 0 Å². The molecule has 0 bridgehead atoms. The molecule has 4 heterocycles. The molecule has 172 valence electrons. The van der Waals surface area contributed by atoms with Gasteiger partial charge in [-0.3, -0.25) is 14.4 Å². The molecule has 4 atom stereocenters. The van der Waals surface area contributed by atoms with Gasteiger partial charge in [0.25, 0.3) is 11.8 Å². The van der Waals surface area contributed by atoms with Crippen LogP contribution in [0.2, 0.25) is 0 Å². The van der Waals surface area contributed by atoms with Crippen molar-refractivity contribution in [2.45, 2.75) is 41.5 Å². The summed E-state index contributed by atoms with van der Waals surface area (Å²) in [6.45, 7) is 4.83. The highest BCUT2D eigenvalue weighted by atomic mass is 32.2. The lowest BCUT2D eigenvalue weighted by molar-refractivity contribution is -0.161. The molecular weight excluding hydrogens is 494 g/mol. The van der Waals surface area contributed by atoms with Crippen LogP contribution in [-0.2, 0) is 25.7 Å². The first-order valence-corrected chi connectivity index (χ1v) is 13.6. The number of hydrogen-bond acceptors (Lipinski definition) is 9. The lowest BCUT2D eigenvalue weighted by Gasteiger charge is -2.54. The first kappa shape index (κ1) is 23.5. The predicted octanol–water partition coefficient (Wildman–Crippen LogP) is 2.37. The predicted molar refractivity (Wildman–Crippen MR) is 122 cm³/mol. The molecule has 9 nitrogen and oxygen atoms in total. The Morgan fingerprint density at radius 2 is 2.25 bits per heavy atom. The van der Waals surface area contributed by atoms with Gasteiger partial charge in [-0.1, -0.05) is 23.1 Å². The maximum atomic E-state index is 13.0. The zero-order valence-electron chi connectivity index (χ0n) is 17.5. The van der Waals surface area contributed by atoms with Crippen molar-refractivity contribution < 1.29 is 28.5 Å². The summed E-state index contributed by atoms with van der Waals surface area (Å²) in [4.78, 5) is 43.2. The van der Waals surface area contributed by atoms with Crippen molar-refractivity contribution >= 4 is 64.0 Å². The second-order valence-electron chi connectivity index (χ2n) is 7.62. The first-order valence-electron chi connectivity index (χ1n) is 9.62. The van der Waals surface area contributed by atoms with Crippen molar-refractivity contribution in [3.63, 3.8) is 0 Å². The number of fused-ring (bicyclic) bond motifs is 1. The number of carbonyl (C=O) groups is 3. The van der Waals surface area contributed by atoms with E-state index in [1.165, 1.54) is 46.7 Å². The summed E-state index contributed by atoms with van der Waals surface area (Å²) in [6, 6.07) is 2.52. The Bertz CT molecular complexity index is 1040. The number of carboxylic acids is 1. The number of β-lactam (4-membered cyclic amide) rings is 1. The molecule has 2 fully saturated rings. The molecule has 2 aliphatic heterocycles. The van der Waals surface area contributed by atoms with Gasteiger partial charge in [-0.15, -0.1) is 16.1 Å². The summed E-state index contributed by atoms with van der Waals surface area (Å²) in [5.74, 6) is -0.863. The maximum Gasteiger partial charge on any atom is 0.313 e. The molecule has 0 spiro atoms. The fourth-order valence-electron chi connectivity index (χ4n) is 3.69. The number of aromatic nitrogens is 1. The van der Waals surface area contributed by atoms with Crippen LogP contribution in [0.25, 0.3) is 0 Å². The minimum absolute atomic E-state index is 0.0197. The monoisotopic (exact) mass is 515 g/mol. The molecule has 2 aromatic heterocycles. The number of aliphatic carboxylic acids is 1. The maximum absolute atomic E-state index is 13.0. The third-order valence-corrected chi connectivity index (χ3v) is 10.9. The Labute approximate surface area is 200 Å². The Morgan fingerprint density at radius 1 is 1.50 bits per heavy atom. The smallest absolute Gasteiger partial charge is 0.313 e. The second kappa shape index (κ2) is 8.93. The lowest BCUT2D eigenvalue weighted by Crippen LogP contribution is -2.74. The number of oxazole rings is 1. The molecule has 0 saturated carbocycles. The van der Waals surface area contributed by atoms with E-state index >= 15 is 0 Å². The Kier molecular flexibility index (Phi) is 6.56. The molecule has 2 amide bonds. The van der Waals surface area contributed by atoms with Gasteiger partial charge < -0.3 is 19.0 Å². The van der Waals surface area contributed by atoms with Crippen molar-refractivity contribution in [2.24, 2.45) is 5.41 Å². The van der Waals surface area contributed by atoms with E-state index in [1.807, 2.05) is 0 Å². The summed E-state index contributed by atoms with van der Waals surface area (Å²) >= 11 is 2.04. The standard InChI is InChI=1S/C19H21N3O6S4/c1-10-17(28-11(2)20-10)31-9-19(18(25)26)7-21-15(24)14(16(21)30-8-19)22(12(3)23)32(27)13-5-4-6-29-13/h4-6,14,16H,7-9H2,1-3H3,(H,25,26)/t14?,16-,19?,32?/m1/s1. The Balaban J connectivity index is 1.50. The number of hydrogen-bond donors (Lipinski definition) is 1. The molecule has 0 aromatic carbocycles. The SMILES string of the molecule is CC(=O)N(C1C(=O)N2CC(CSc3oc(C)nc3C)(C(=O)O)CS[C@H]12)[S+]([O-])c1cccs1.